The molecule has 3 heteroatoms. The van der Waals surface area contributed by atoms with Gasteiger partial charge < -0.3 is 11.1 Å². The first-order valence-electron chi connectivity index (χ1n) is 4.28. The van der Waals surface area contributed by atoms with Crippen LogP contribution in [0, 0.1) is 0 Å². The van der Waals surface area contributed by atoms with Gasteiger partial charge in [-0.1, -0.05) is 5.57 Å². The van der Waals surface area contributed by atoms with E-state index in [1.54, 1.807) is 0 Å². The molecule has 0 radical (unpaired) electrons. The first-order valence-corrected chi connectivity index (χ1v) is 4.28. The number of hydrogen-bond donors (Lipinski definition) is 2. The van der Waals surface area contributed by atoms with Crippen LogP contribution in [-0.4, -0.2) is 19.0 Å². The van der Waals surface area contributed by atoms with E-state index in [4.69, 9.17) is 5.73 Å². The van der Waals surface area contributed by atoms with E-state index in [9.17, 15) is 4.79 Å². The van der Waals surface area contributed by atoms with Gasteiger partial charge in [-0.15, -0.1) is 0 Å². The van der Waals surface area contributed by atoms with Crippen molar-refractivity contribution in [3.8, 4) is 0 Å². The van der Waals surface area contributed by atoms with E-state index >= 15 is 0 Å². The van der Waals surface area contributed by atoms with Gasteiger partial charge in [0.1, 0.15) is 0 Å². The number of carbonyl (C=O) groups is 1. The summed E-state index contributed by atoms with van der Waals surface area (Å²) in [5, 5.41) is 2.75. The van der Waals surface area contributed by atoms with Gasteiger partial charge in [-0.25, -0.2) is 0 Å². The molecule has 0 aliphatic heterocycles. The van der Waals surface area contributed by atoms with Crippen LogP contribution in [-0.2, 0) is 4.79 Å². The van der Waals surface area contributed by atoms with E-state index in [1.165, 1.54) is 0 Å². The number of amides is 1. The molecule has 3 nitrogen and oxygen atoms in total. The maximum Gasteiger partial charge on any atom is 0.246 e. The van der Waals surface area contributed by atoms with Crippen molar-refractivity contribution in [2.45, 2.75) is 27.2 Å². The van der Waals surface area contributed by atoms with Crippen molar-refractivity contribution < 1.29 is 4.79 Å². The summed E-state index contributed by atoms with van der Waals surface area (Å²) >= 11 is 0. The smallest absolute Gasteiger partial charge is 0.246 e. The number of hydrogen-bond acceptors (Lipinski definition) is 2. The third-order valence-corrected chi connectivity index (χ3v) is 1.84. The fraction of sp³-hybridized carbons (Fsp3) is 0.667. The first-order chi connectivity index (χ1) is 5.63. The predicted octanol–water partition coefficient (Wildman–Crippen LogP) is 0.808. The van der Waals surface area contributed by atoms with Crippen molar-refractivity contribution in [1.82, 2.24) is 5.32 Å². The minimum absolute atomic E-state index is 0.0171. The van der Waals surface area contributed by atoms with Crippen LogP contribution in [0.3, 0.4) is 0 Å². The summed E-state index contributed by atoms with van der Waals surface area (Å²) in [6.45, 7) is 6.95. The highest BCUT2D eigenvalue weighted by atomic mass is 16.1. The average Bonchev–Trinajstić information content (AvgIpc) is 2.04. The SMILES string of the molecule is CCNC(=O)C(C)=C(C)CCN. The van der Waals surface area contributed by atoms with Crippen molar-refractivity contribution >= 4 is 5.91 Å². The molecule has 0 fully saturated rings. The molecule has 0 heterocycles. The zero-order chi connectivity index (χ0) is 9.56. The predicted molar refractivity (Wildman–Crippen MR) is 50.7 cm³/mol. The molecular weight excluding hydrogens is 152 g/mol. The highest BCUT2D eigenvalue weighted by Gasteiger charge is 2.04. The lowest BCUT2D eigenvalue weighted by atomic mass is 10.1. The molecule has 0 rings (SSSR count). The third-order valence-electron chi connectivity index (χ3n) is 1.84. The second kappa shape index (κ2) is 5.77. The number of nitrogens with two attached hydrogens (primary N) is 1. The van der Waals surface area contributed by atoms with Crippen LogP contribution in [0.15, 0.2) is 11.1 Å². The third kappa shape index (κ3) is 3.53. The van der Waals surface area contributed by atoms with Gasteiger partial charge in [-0.2, -0.15) is 0 Å². The van der Waals surface area contributed by atoms with Crippen LogP contribution in [0.4, 0.5) is 0 Å². The van der Waals surface area contributed by atoms with Gasteiger partial charge in [0.2, 0.25) is 5.91 Å². The molecule has 12 heavy (non-hydrogen) atoms. The van der Waals surface area contributed by atoms with Gasteiger partial charge in [0, 0.05) is 12.1 Å². The van der Waals surface area contributed by atoms with Crippen LogP contribution < -0.4 is 11.1 Å². The van der Waals surface area contributed by atoms with Crippen LogP contribution >= 0.6 is 0 Å². The molecule has 0 saturated heterocycles. The van der Waals surface area contributed by atoms with Crippen molar-refractivity contribution in [2.75, 3.05) is 13.1 Å². The number of nitrogens with one attached hydrogen (secondary N) is 1. The van der Waals surface area contributed by atoms with E-state index < -0.39 is 0 Å². The Labute approximate surface area is 74.0 Å². The zero-order valence-corrected chi connectivity index (χ0v) is 8.11. The Morgan fingerprint density at radius 3 is 2.42 bits per heavy atom. The highest BCUT2D eigenvalue weighted by Crippen LogP contribution is 2.06. The summed E-state index contributed by atoms with van der Waals surface area (Å²) in [7, 11) is 0. The van der Waals surface area contributed by atoms with E-state index in [2.05, 4.69) is 5.32 Å². The molecule has 70 valence electrons. The van der Waals surface area contributed by atoms with Gasteiger partial charge in [0.05, 0.1) is 0 Å². The fourth-order valence-electron chi connectivity index (χ4n) is 0.891. The lowest BCUT2D eigenvalue weighted by Gasteiger charge is -2.06. The summed E-state index contributed by atoms with van der Waals surface area (Å²) < 4.78 is 0. The Morgan fingerprint density at radius 2 is 2.00 bits per heavy atom. The zero-order valence-electron chi connectivity index (χ0n) is 8.11. The monoisotopic (exact) mass is 170 g/mol. The molecule has 0 aliphatic rings. The first kappa shape index (κ1) is 11.2. The number of carbonyl (C=O) groups excluding carboxylic acids is 1. The Bertz CT molecular complexity index is 185. The van der Waals surface area contributed by atoms with Gasteiger partial charge in [0.15, 0.2) is 0 Å². The van der Waals surface area contributed by atoms with E-state index in [1.807, 2.05) is 20.8 Å². The molecule has 0 aliphatic carbocycles. The minimum Gasteiger partial charge on any atom is -0.353 e. The quantitative estimate of drug-likeness (QED) is 0.613. The van der Waals surface area contributed by atoms with Crippen molar-refractivity contribution in [3.63, 3.8) is 0 Å². The molecular formula is C9H18N2O. The summed E-state index contributed by atoms with van der Waals surface area (Å²) in [6.07, 6.45) is 0.795. The summed E-state index contributed by atoms with van der Waals surface area (Å²) in [6, 6.07) is 0. The van der Waals surface area contributed by atoms with E-state index in [0.717, 1.165) is 17.6 Å². The molecule has 3 N–H and O–H groups in total. The Kier molecular flexibility index (Phi) is 5.37. The molecule has 0 bridgehead atoms. The Balaban J connectivity index is 4.22. The summed E-state index contributed by atoms with van der Waals surface area (Å²) in [5.74, 6) is 0.0171. The lowest BCUT2D eigenvalue weighted by molar-refractivity contribution is -0.117. The molecule has 0 unspecified atom stereocenters. The minimum atomic E-state index is 0.0171. The summed E-state index contributed by atoms with van der Waals surface area (Å²) in [5.41, 5.74) is 7.24. The maximum atomic E-state index is 11.2. The normalized spacial score (nSPS) is 12.3. The largest absolute Gasteiger partial charge is 0.353 e. The van der Waals surface area contributed by atoms with Crippen molar-refractivity contribution in [3.05, 3.63) is 11.1 Å². The Hall–Kier alpha value is -0.830. The molecule has 0 saturated carbocycles. The lowest BCUT2D eigenvalue weighted by Crippen LogP contribution is -2.24. The van der Waals surface area contributed by atoms with Gasteiger partial charge in [-0.05, 0) is 33.7 Å². The Morgan fingerprint density at radius 1 is 1.42 bits per heavy atom. The standard InChI is InChI=1S/C9H18N2O/c1-4-11-9(12)8(3)7(2)5-6-10/h4-6,10H2,1-3H3,(H,11,12). The molecule has 0 spiro atoms. The molecule has 1 amide bonds. The van der Waals surface area contributed by atoms with Crippen LogP contribution in [0.1, 0.15) is 27.2 Å². The second-order valence-electron chi connectivity index (χ2n) is 2.80. The van der Waals surface area contributed by atoms with E-state index in [-0.39, 0.29) is 5.91 Å². The summed E-state index contributed by atoms with van der Waals surface area (Å²) in [4.78, 5) is 11.2. The number of rotatable bonds is 4. The van der Waals surface area contributed by atoms with Crippen molar-refractivity contribution in [2.24, 2.45) is 5.73 Å². The van der Waals surface area contributed by atoms with Crippen LogP contribution in [0.5, 0.6) is 0 Å². The second-order valence-corrected chi connectivity index (χ2v) is 2.80. The molecule has 0 aromatic heterocycles. The van der Waals surface area contributed by atoms with Crippen molar-refractivity contribution in [1.29, 1.82) is 0 Å². The highest BCUT2D eigenvalue weighted by molar-refractivity contribution is 5.93. The molecule has 0 atom stereocenters. The van der Waals surface area contributed by atoms with Crippen LogP contribution in [0.25, 0.3) is 0 Å². The molecule has 0 aromatic rings. The average molecular weight is 170 g/mol. The van der Waals surface area contributed by atoms with Gasteiger partial charge in [0.25, 0.3) is 0 Å². The van der Waals surface area contributed by atoms with Gasteiger partial charge >= 0.3 is 0 Å². The topological polar surface area (TPSA) is 55.1 Å². The van der Waals surface area contributed by atoms with E-state index in [0.29, 0.717) is 13.1 Å². The fourth-order valence-corrected chi connectivity index (χ4v) is 0.891. The maximum absolute atomic E-state index is 11.2. The van der Waals surface area contributed by atoms with Crippen LogP contribution in [0.2, 0.25) is 0 Å². The molecule has 0 aromatic carbocycles. The number of likely N-dealkylation sites (N-methyl/N-ethyl adjacent to an activating group) is 1. The van der Waals surface area contributed by atoms with Gasteiger partial charge in [-0.3, -0.25) is 4.79 Å².